The molecule has 0 N–H and O–H groups in total. The molecule has 0 heterocycles. The lowest BCUT2D eigenvalue weighted by Crippen LogP contribution is -2.20. The van der Waals surface area contributed by atoms with Gasteiger partial charge in [-0.2, -0.15) is 0 Å². The standard InChI is InChI=1S/C6H11NO/c1-6(2,7-3)5-8-4/h5H2,1-2,4H3. The van der Waals surface area contributed by atoms with Crippen LogP contribution in [0.15, 0.2) is 0 Å². The first-order valence-corrected chi connectivity index (χ1v) is 2.50. The minimum atomic E-state index is -0.339. The summed E-state index contributed by atoms with van der Waals surface area (Å²) in [5.41, 5.74) is -0.339. The van der Waals surface area contributed by atoms with Gasteiger partial charge < -0.3 is 9.58 Å². The molecule has 8 heavy (non-hydrogen) atoms. The fourth-order valence-electron chi connectivity index (χ4n) is 0.385. The highest BCUT2D eigenvalue weighted by molar-refractivity contribution is 4.88. The third-order valence-electron chi connectivity index (χ3n) is 0.800. The second kappa shape index (κ2) is 2.68. The molecule has 0 aromatic heterocycles. The summed E-state index contributed by atoms with van der Waals surface area (Å²) in [6.45, 7) is 10.9. The average Bonchev–Trinajstić information content (AvgIpc) is 1.67. The van der Waals surface area contributed by atoms with Crippen molar-refractivity contribution >= 4 is 0 Å². The molecule has 2 heteroatoms. The zero-order valence-corrected chi connectivity index (χ0v) is 5.56. The highest BCUT2D eigenvalue weighted by atomic mass is 16.5. The molecule has 0 saturated carbocycles. The van der Waals surface area contributed by atoms with Crippen LogP contribution in [0.3, 0.4) is 0 Å². The first-order chi connectivity index (χ1) is 3.62. The first kappa shape index (κ1) is 7.45. The van der Waals surface area contributed by atoms with Crippen LogP contribution in [0.25, 0.3) is 4.85 Å². The van der Waals surface area contributed by atoms with Crippen molar-refractivity contribution < 1.29 is 4.74 Å². The van der Waals surface area contributed by atoms with Crippen molar-refractivity contribution in [3.63, 3.8) is 0 Å². The summed E-state index contributed by atoms with van der Waals surface area (Å²) in [5, 5.41) is 0. The van der Waals surface area contributed by atoms with Crippen LogP contribution >= 0.6 is 0 Å². The van der Waals surface area contributed by atoms with E-state index in [0.29, 0.717) is 6.61 Å². The molecular formula is C6H11NO. The normalized spacial score (nSPS) is 10.8. The molecule has 0 aliphatic carbocycles. The Bertz CT molecular complexity index is 102. The van der Waals surface area contributed by atoms with E-state index in [1.54, 1.807) is 7.11 Å². The maximum absolute atomic E-state index is 6.65. The molecule has 0 fully saturated rings. The van der Waals surface area contributed by atoms with E-state index in [1.807, 2.05) is 13.8 Å². The van der Waals surface area contributed by atoms with E-state index >= 15 is 0 Å². The molecule has 0 unspecified atom stereocenters. The van der Waals surface area contributed by atoms with Gasteiger partial charge in [-0.15, -0.1) is 0 Å². The van der Waals surface area contributed by atoms with E-state index in [1.165, 1.54) is 0 Å². The van der Waals surface area contributed by atoms with Gasteiger partial charge >= 0.3 is 0 Å². The molecule has 0 amide bonds. The molecule has 0 aromatic rings. The van der Waals surface area contributed by atoms with Gasteiger partial charge in [0.1, 0.15) is 6.61 Å². The van der Waals surface area contributed by atoms with Gasteiger partial charge in [-0.3, -0.25) is 0 Å². The van der Waals surface area contributed by atoms with Crippen LogP contribution in [0.1, 0.15) is 13.8 Å². The Morgan fingerprint density at radius 2 is 2.12 bits per heavy atom. The minimum absolute atomic E-state index is 0.339. The Morgan fingerprint density at radius 1 is 1.62 bits per heavy atom. The minimum Gasteiger partial charge on any atom is -0.376 e. The molecule has 0 bridgehead atoms. The lowest BCUT2D eigenvalue weighted by atomic mass is 10.1. The van der Waals surface area contributed by atoms with Gasteiger partial charge in [0, 0.05) is 21.0 Å². The topological polar surface area (TPSA) is 13.6 Å². The monoisotopic (exact) mass is 113 g/mol. The largest absolute Gasteiger partial charge is 0.376 e. The van der Waals surface area contributed by atoms with Crippen molar-refractivity contribution in [3.05, 3.63) is 11.4 Å². The molecule has 0 aliphatic rings. The Hall–Kier alpha value is -0.550. The molecule has 46 valence electrons. The van der Waals surface area contributed by atoms with Crippen LogP contribution in [0, 0.1) is 6.57 Å². The lowest BCUT2D eigenvalue weighted by molar-refractivity contribution is 0.164. The summed E-state index contributed by atoms with van der Waals surface area (Å²) in [5.74, 6) is 0. The van der Waals surface area contributed by atoms with Gasteiger partial charge in [0.15, 0.2) is 0 Å². The number of rotatable bonds is 2. The number of hydrogen-bond acceptors (Lipinski definition) is 1. The van der Waals surface area contributed by atoms with Crippen molar-refractivity contribution in [2.75, 3.05) is 13.7 Å². The quantitative estimate of drug-likeness (QED) is 0.492. The van der Waals surface area contributed by atoms with Crippen molar-refractivity contribution in [2.45, 2.75) is 19.4 Å². The Morgan fingerprint density at radius 3 is 2.25 bits per heavy atom. The fraction of sp³-hybridized carbons (Fsp3) is 0.833. The van der Waals surface area contributed by atoms with Crippen LogP contribution in [-0.4, -0.2) is 19.3 Å². The Labute approximate surface area is 50.3 Å². The van der Waals surface area contributed by atoms with Gasteiger partial charge in [0.2, 0.25) is 5.54 Å². The summed E-state index contributed by atoms with van der Waals surface area (Å²) in [6, 6.07) is 0. The van der Waals surface area contributed by atoms with E-state index in [2.05, 4.69) is 4.85 Å². The van der Waals surface area contributed by atoms with Crippen molar-refractivity contribution in [1.29, 1.82) is 0 Å². The molecular weight excluding hydrogens is 102 g/mol. The van der Waals surface area contributed by atoms with Crippen molar-refractivity contribution in [3.8, 4) is 0 Å². The second-order valence-electron chi connectivity index (χ2n) is 2.36. The summed E-state index contributed by atoms with van der Waals surface area (Å²) in [6.07, 6.45) is 0. The van der Waals surface area contributed by atoms with Gasteiger partial charge in [-0.1, -0.05) is 0 Å². The summed E-state index contributed by atoms with van der Waals surface area (Å²) < 4.78 is 4.78. The Balaban J connectivity index is 3.59. The third kappa shape index (κ3) is 2.59. The smallest absolute Gasteiger partial charge is 0.249 e. The predicted octanol–water partition coefficient (Wildman–Crippen LogP) is 1.33. The number of methoxy groups -OCH3 is 1. The van der Waals surface area contributed by atoms with Crippen LogP contribution in [0.5, 0.6) is 0 Å². The highest BCUT2D eigenvalue weighted by Crippen LogP contribution is 2.06. The van der Waals surface area contributed by atoms with Crippen molar-refractivity contribution in [2.24, 2.45) is 0 Å². The van der Waals surface area contributed by atoms with Crippen LogP contribution in [0.4, 0.5) is 0 Å². The molecule has 0 atom stereocenters. The zero-order valence-electron chi connectivity index (χ0n) is 5.56. The molecule has 0 saturated heterocycles. The van der Waals surface area contributed by atoms with Gasteiger partial charge in [-0.05, 0) is 0 Å². The SMILES string of the molecule is [C-]#[N+]C(C)(C)COC. The molecule has 0 aliphatic heterocycles. The van der Waals surface area contributed by atoms with E-state index in [0.717, 1.165) is 0 Å². The predicted molar refractivity (Wildman–Crippen MR) is 32.6 cm³/mol. The zero-order chi connectivity index (χ0) is 6.62. The summed E-state index contributed by atoms with van der Waals surface area (Å²) in [4.78, 5) is 3.34. The summed E-state index contributed by atoms with van der Waals surface area (Å²) >= 11 is 0. The van der Waals surface area contributed by atoms with E-state index in [-0.39, 0.29) is 5.54 Å². The highest BCUT2D eigenvalue weighted by Gasteiger charge is 2.21. The van der Waals surface area contributed by atoms with Gasteiger partial charge in [0.25, 0.3) is 0 Å². The molecule has 2 nitrogen and oxygen atoms in total. The fourth-order valence-corrected chi connectivity index (χ4v) is 0.385. The number of hydrogen-bond donors (Lipinski definition) is 0. The maximum Gasteiger partial charge on any atom is 0.249 e. The molecule has 0 rings (SSSR count). The molecule has 0 aromatic carbocycles. The van der Waals surface area contributed by atoms with E-state index in [9.17, 15) is 0 Å². The third-order valence-corrected chi connectivity index (χ3v) is 0.800. The Kier molecular flexibility index (Phi) is 2.50. The number of ether oxygens (including phenoxy) is 1. The lowest BCUT2D eigenvalue weighted by Gasteiger charge is -2.07. The maximum atomic E-state index is 6.65. The summed E-state index contributed by atoms with van der Waals surface area (Å²) in [7, 11) is 1.60. The van der Waals surface area contributed by atoms with Crippen LogP contribution in [0.2, 0.25) is 0 Å². The number of nitrogens with zero attached hydrogens (tertiary/aromatic N) is 1. The molecule has 0 spiro atoms. The van der Waals surface area contributed by atoms with Gasteiger partial charge in [-0.25, -0.2) is 6.57 Å². The average molecular weight is 113 g/mol. The van der Waals surface area contributed by atoms with Crippen LogP contribution < -0.4 is 0 Å². The first-order valence-electron chi connectivity index (χ1n) is 2.50. The van der Waals surface area contributed by atoms with Crippen molar-refractivity contribution in [1.82, 2.24) is 0 Å². The van der Waals surface area contributed by atoms with E-state index < -0.39 is 0 Å². The van der Waals surface area contributed by atoms with E-state index in [4.69, 9.17) is 11.3 Å². The van der Waals surface area contributed by atoms with Crippen LogP contribution in [-0.2, 0) is 4.74 Å². The van der Waals surface area contributed by atoms with Gasteiger partial charge in [0.05, 0.1) is 0 Å². The molecule has 0 radical (unpaired) electrons. The second-order valence-corrected chi connectivity index (χ2v) is 2.36.